The molecule has 80 valence electrons. The summed E-state index contributed by atoms with van der Waals surface area (Å²) in [7, 11) is 0. The van der Waals surface area contributed by atoms with Crippen LogP contribution < -0.4 is 5.43 Å². The zero-order chi connectivity index (χ0) is 11.0. The van der Waals surface area contributed by atoms with Gasteiger partial charge in [0.05, 0.1) is 0 Å². The maximum Gasteiger partial charge on any atom is 0.254 e. The van der Waals surface area contributed by atoms with Crippen LogP contribution in [0.3, 0.4) is 0 Å². The van der Waals surface area contributed by atoms with Crippen LogP contribution >= 0.6 is 0 Å². The summed E-state index contributed by atoms with van der Waals surface area (Å²) in [4.78, 5) is 8.33. The van der Waals surface area contributed by atoms with Crippen molar-refractivity contribution in [3.8, 4) is 0 Å². The lowest BCUT2D eigenvalue weighted by Gasteiger charge is -2.08. The molecule has 3 rings (SSSR count). The van der Waals surface area contributed by atoms with E-state index in [0.29, 0.717) is 5.78 Å². The molecule has 6 nitrogen and oxygen atoms in total. The molecule has 1 N–H and O–H groups in total. The lowest BCUT2D eigenvalue weighted by atomic mass is 10.4. The fraction of sp³-hybridized carbons (Fsp3) is 0.100. The molecule has 3 heterocycles. The first kappa shape index (κ1) is 8.90. The molecule has 0 amide bonds. The summed E-state index contributed by atoms with van der Waals surface area (Å²) < 4.78 is 3.50. The van der Waals surface area contributed by atoms with E-state index >= 15 is 0 Å². The van der Waals surface area contributed by atoms with E-state index in [4.69, 9.17) is 0 Å². The van der Waals surface area contributed by atoms with Crippen LogP contribution in [0.2, 0.25) is 0 Å². The molecule has 0 atom stereocenters. The second-order valence-corrected chi connectivity index (χ2v) is 3.46. The largest absolute Gasteiger partial charge is 0.278 e. The summed E-state index contributed by atoms with van der Waals surface area (Å²) in [6.07, 6.45) is 5.32. The molecular formula is C10H10N6. The van der Waals surface area contributed by atoms with E-state index in [1.165, 1.54) is 6.33 Å². The van der Waals surface area contributed by atoms with E-state index in [2.05, 4.69) is 20.5 Å². The Kier molecular flexibility index (Phi) is 1.86. The highest BCUT2D eigenvalue weighted by atomic mass is 15.5. The molecule has 0 radical (unpaired) electrons. The molecule has 0 saturated carbocycles. The third kappa shape index (κ3) is 1.40. The minimum atomic E-state index is 0.592. The van der Waals surface area contributed by atoms with Crippen molar-refractivity contribution in [2.45, 2.75) is 6.92 Å². The topological polar surface area (TPSA) is 60.0 Å². The van der Waals surface area contributed by atoms with Gasteiger partial charge in [-0.15, -0.1) is 0 Å². The van der Waals surface area contributed by atoms with Crippen molar-refractivity contribution in [1.82, 2.24) is 24.3 Å². The Morgan fingerprint density at radius 3 is 2.88 bits per heavy atom. The summed E-state index contributed by atoms with van der Waals surface area (Å²) >= 11 is 0. The minimum Gasteiger partial charge on any atom is -0.278 e. The minimum absolute atomic E-state index is 0.592. The van der Waals surface area contributed by atoms with Gasteiger partial charge >= 0.3 is 0 Å². The molecule has 0 saturated heterocycles. The molecule has 0 aromatic carbocycles. The predicted molar refractivity (Wildman–Crippen MR) is 59.0 cm³/mol. The number of aromatic nitrogens is 5. The van der Waals surface area contributed by atoms with Gasteiger partial charge in [-0.2, -0.15) is 14.6 Å². The molecule has 3 aromatic rings. The van der Waals surface area contributed by atoms with Crippen LogP contribution in [0, 0.1) is 6.92 Å². The van der Waals surface area contributed by atoms with E-state index in [1.54, 1.807) is 4.52 Å². The summed E-state index contributed by atoms with van der Waals surface area (Å²) in [5.41, 5.74) is 4.09. The zero-order valence-electron chi connectivity index (χ0n) is 8.70. The van der Waals surface area contributed by atoms with Crippen LogP contribution in [-0.2, 0) is 0 Å². The lowest BCUT2D eigenvalue weighted by molar-refractivity contribution is 0.874. The van der Waals surface area contributed by atoms with Crippen molar-refractivity contribution in [3.05, 3.63) is 42.6 Å². The van der Waals surface area contributed by atoms with Gasteiger partial charge in [0.2, 0.25) is 0 Å². The van der Waals surface area contributed by atoms with Gasteiger partial charge in [-0.1, -0.05) is 0 Å². The van der Waals surface area contributed by atoms with Gasteiger partial charge in [-0.3, -0.25) is 10.1 Å². The van der Waals surface area contributed by atoms with Crippen molar-refractivity contribution >= 4 is 11.6 Å². The molecule has 6 heteroatoms. The van der Waals surface area contributed by atoms with Crippen molar-refractivity contribution in [1.29, 1.82) is 0 Å². The number of nitrogens with zero attached hydrogens (tertiary/aromatic N) is 5. The molecule has 3 aromatic heterocycles. The van der Waals surface area contributed by atoms with Crippen molar-refractivity contribution in [3.63, 3.8) is 0 Å². The van der Waals surface area contributed by atoms with E-state index in [1.807, 2.05) is 42.2 Å². The Balaban J connectivity index is 2.11. The monoisotopic (exact) mass is 214 g/mol. The predicted octanol–water partition coefficient (Wildman–Crippen LogP) is 1.11. The molecule has 0 aliphatic carbocycles. The molecule has 0 fully saturated rings. The normalized spacial score (nSPS) is 10.8. The Hall–Kier alpha value is -2.37. The third-order valence-electron chi connectivity index (χ3n) is 2.23. The quantitative estimate of drug-likeness (QED) is 0.694. The smallest absolute Gasteiger partial charge is 0.254 e. The van der Waals surface area contributed by atoms with Crippen LogP contribution in [0.25, 0.3) is 5.78 Å². The first-order valence-electron chi connectivity index (χ1n) is 4.90. The molecule has 0 bridgehead atoms. The molecule has 0 unspecified atom stereocenters. The van der Waals surface area contributed by atoms with Gasteiger partial charge in [0.1, 0.15) is 6.33 Å². The maximum absolute atomic E-state index is 4.27. The van der Waals surface area contributed by atoms with Crippen LogP contribution in [0.1, 0.15) is 5.69 Å². The number of hydrogen-bond donors (Lipinski definition) is 1. The summed E-state index contributed by atoms with van der Waals surface area (Å²) in [6, 6.07) is 5.81. The zero-order valence-corrected chi connectivity index (χ0v) is 8.70. The number of hydrogen-bond acceptors (Lipinski definition) is 4. The van der Waals surface area contributed by atoms with Crippen molar-refractivity contribution < 1.29 is 0 Å². The fourth-order valence-corrected chi connectivity index (χ4v) is 1.55. The summed E-state index contributed by atoms with van der Waals surface area (Å²) in [5.74, 6) is 1.42. The third-order valence-corrected chi connectivity index (χ3v) is 2.23. The number of nitrogens with one attached hydrogen (secondary N) is 1. The number of aryl methyl sites for hydroxylation is 1. The van der Waals surface area contributed by atoms with Gasteiger partial charge in [-0.05, 0) is 19.1 Å². The van der Waals surface area contributed by atoms with E-state index < -0.39 is 0 Å². The lowest BCUT2D eigenvalue weighted by Crippen LogP contribution is -2.11. The van der Waals surface area contributed by atoms with Gasteiger partial charge in [0.15, 0.2) is 5.82 Å². The summed E-state index contributed by atoms with van der Waals surface area (Å²) in [5, 5.41) is 4.11. The highest BCUT2D eigenvalue weighted by molar-refractivity contribution is 5.44. The van der Waals surface area contributed by atoms with Crippen LogP contribution in [0.5, 0.6) is 0 Å². The molecule has 0 aliphatic heterocycles. The van der Waals surface area contributed by atoms with Gasteiger partial charge in [-0.25, -0.2) is 4.98 Å². The highest BCUT2D eigenvalue weighted by Crippen LogP contribution is 2.10. The molecule has 0 aliphatic rings. The molecule has 16 heavy (non-hydrogen) atoms. The average molecular weight is 214 g/mol. The molecule has 0 spiro atoms. The molecular weight excluding hydrogens is 204 g/mol. The van der Waals surface area contributed by atoms with Gasteiger partial charge in [0, 0.05) is 24.2 Å². The Morgan fingerprint density at radius 2 is 2.06 bits per heavy atom. The Morgan fingerprint density at radius 1 is 1.25 bits per heavy atom. The SMILES string of the molecule is Cc1cc(Nn2cccc2)n2ncnc2n1. The van der Waals surface area contributed by atoms with E-state index in [0.717, 1.165) is 11.5 Å². The fourth-order valence-electron chi connectivity index (χ4n) is 1.55. The number of fused-ring (bicyclic) bond motifs is 1. The first-order valence-corrected chi connectivity index (χ1v) is 4.90. The van der Waals surface area contributed by atoms with Crippen molar-refractivity contribution in [2.24, 2.45) is 0 Å². The Labute approximate surface area is 91.5 Å². The maximum atomic E-state index is 4.27. The first-order chi connectivity index (χ1) is 7.83. The number of rotatable bonds is 2. The van der Waals surface area contributed by atoms with E-state index in [9.17, 15) is 0 Å². The van der Waals surface area contributed by atoms with E-state index in [-0.39, 0.29) is 0 Å². The van der Waals surface area contributed by atoms with Crippen LogP contribution in [0.4, 0.5) is 5.82 Å². The summed E-state index contributed by atoms with van der Waals surface area (Å²) in [6.45, 7) is 1.93. The van der Waals surface area contributed by atoms with Gasteiger partial charge < -0.3 is 0 Å². The second kappa shape index (κ2) is 3.34. The Bertz CT molecular complexity index is 609. The second-order valence-electron chi connectivity index (χ2n) is 3.46. The average Bonchev–Trinajstić information content (AvgIpc) is 2.87. The van der Waals surface area contributed by atoms with Crippen LogP contribution in [0.15, 0.2) is 36.9 Å². The number of anilines is 1. The standard InChI is InChI=1S/C10H10N6/c1-8-6-9(14-15-4-2-3-5-15)16-10(13-8)11-7-12-16/h2-7,14H,1H3. The van der Waals surface area contributed by atoms with Gasteiger partial charge in [0.25, 0.3) is 5.78 Å². The highest BCUT2D eigenvalue weighted by Gasteiger charge is 2.04. The van der Waals surface area contributed by atoms with Crippen LogP contribution in [-0.4, -0.2) is 24.3 Å². The van der Waals surface area contributed by atoms with Crippen molar-refractivity contribution in [2.75, 3.05) is 5.43 Å².